The van der Waals surface area contributed by atoms with Gasteiger partial charge >= 0.3 is 6.03 Å². The number of thiophene rings is 1. The van der Waals surface area contributed by atoms with E-state index in [9.17, 15) is 14.4 Å². The molecule has 0 bridgehead atoms. The van der Waals surface area contributed by atoms with Gasteiger partial charge in [-0.25, -0.2) is 4.79 Å². The zero-order valence-corrected chi connectivity index (χ0v) is 12.0. The van der Waals surface area contributed by atoms with Gasteiger partial charge in [-0.05, 0) is 25.3 Å². The summed E-state index contributed by atoms with van der Waals surface area (Å²) in [4.78, 5) is 34.3. The first-order valence-electron chi connectivity index (χ1n) is 6.43. The Hall–Kier alpha value is -2.35. The van der Waals surface area contributed by atoms with Crippen molar-refractivity contribution < 1.29 is 14.4 Å². The maximum absolute atomic E-state index is 12.1. The predicted octanol–water partition coefficient (Wildman–Crippen LogP) is 1.63. The fourth-order valence-corrected chi connectivity index (χ4v) is 3.07. The number of carbonyl (C=O) groups is 3. The minimum absolute atomic E-state index is 0.0818. The lowest BCUT2D eigenvalue weighted by Crippen LogP contribution is -2.23. The molecule has 1 aliphatic rings. The van der Waals surface area contributed by atoms with Gasteiger partial charge in [-0.3, -0.25) is 14.9 Å². The van der Waals surface area contributed by atoms with E-state index in [4.69, 9.17) is 11.5 Å². The molecule has 0 spiro atoms. The Morgan fingerprint density at radius 3 is 2.52 bits per heavy atom. The molecule has 8 heteroatoms. The van der Waals surface area contributed by atoms with Gasteiger partial charge < -0.3 is 16.8 Å². The standard InChI is InChI=1S/C13H16N4O3S/c14-10(18)8-6-9(21-12(8)17-13(15)20)16-11(19)7-4-2-1-3-5-7/h1-2,6-7H,3-5H2,(H2,14,18)(H,16,19)(H3,15,17,20). The molecule has 0 radical (unpaired) electrons. The summed E-state index contributed by atoms with van der Waals surface area (Å²) in [7, 11) is 0. The maximum atomic E-state index is 12.1. The molecule has 1 atom stereocenters. The summed E-state index contributed by atoms with van der Waals surface area (Å²) in [5.74, 6) is -0.889. The topological polar surface area (TPSA) is 127 Å². The van der Waals surface area contributed by atoms with Gasteiger partial charge in [-0.2, -0.15) is 0 Å². The largest absolute Gasteiger partial charge is 0.366 e. The normalized spacial score (nSPS) is 17.2. The summed E-state index contributed by atoms with van der Waals surface area (Å²) in [6.45, 7) is 0. The van der Waals surface area contributed by atoms with Gasteiger partial charge in [0.15, 0.2) is 0 Å². The number of rotatable bonds is 4. The quantitative estimate of drug-likeness (QED) is 0.631. The van der Waals surface area contributed by atoms with E-state index in [-0.39, 0.29) is 22.4 Å². The number of allylic oxidation sites excluding steroid dienone is 2. The molecule has 4 amide bonds. The second kappa shape index (κ2) is 6.40. The molecule has 1 aromatic rings. The van der Waals surface area contributed by atoms with Gasteiger partial charge in [0.05, 0.1) is 10.6 Å². The van der Waals surface area contributed by atoms with E-state index in [1.165, 1.54) is 6.07 Å². The van der Waals surface area contributed by atoms with Crippen LogP contribution < -0.4 is 22.1 Å². The minimum atomic E-state index is -0.797. The molecule has 0 fully saturated rings. The molecule has 0 aromatic carbocycles. The van der Waals surface area contributed by atoms with Crippen LogP contribution in [0.25, 0.3) is 0 Å². The third-order valence-corrected chi connectivity index (χ3v) is 4.09. The molecule has 0 aliphatic heterocycles. The summed E-state index contributed by atoms with van der Waals surface area (Å²) in [5, 5.41) is 5.75. The summed E-state index contributed by atoms with van der Waals surface area (Å²) >= 11 is 1.05. The number of anilines is 2. The van der Waals surface area contributed by atoms with E-state index < -0.39 is 11.9 Å². The summed E-state index contributed by atoms with van der Waals surface area (Å²) in [5.41, 5.74) is 10.4. The first-order chi connectivity index (χ1) is 9.97. The zero-order valence-electron chi connectivity index (χ0n) is 11.2. The fourth-order valence-electron chi connectivity index (χ4n) is 2.10. The van der Waals surface area contributed by atoms with Crippen LogP contribution in [0.5, 0.6) is 0 Å². The van der Waals surface area contributed by atoms with Crippen molar-refractivity contribution in [1.82, 2.24) is 0 Å². The van der Waals surface area contributed by atoms with Crippen LogP contribution in [0.3, 0.4) is 0 Å². The van der Waals surface area contributed by atoms with E-state index in [1.54, 1.807) is 0 Å². The van der Waals surface area contributed by atoms with Gasteiger partial charge in [0.2, 0.25) is 5.91 Å². The maximum Gasteiger partial charge on any atom is 0.317 e. The number of primary amides is 2. The van der Waals surface area contributed by atoms with Crippen LogP contribution in [-0.4, -0.2) is 17.8 Å². The van der Waals surface area contributed by atoms with E-state index in [2.05, 4.69) is 16.7 Å². The predicted molar refractivity (Wildman–Crippen MR) is 81.2 cm³/mol. The number of hydrogen-bond acceptors (Lipinski definition) is 4. The highest BCUT2D eigenvalue weighted by Crippen LogP contribution is 2.32. The van der Waals surface area contributed by atoms with Crippen LogP contribution >= 0.6 is 11.3 Å². The molecular weight excluding hydrogens is 292 g/mol. The molecule has 0 saturated carbocycles. The Balaban J connectivity index is 2.12. The minimum Gasteiger partial charge on any atom is -0.366 e. The highest BCUT2D eigenvalue weighted by atomic mass is 32.1. The summed E-state index contributed by atoms with van der Waals surface area (Å²) < 4.78 is 0. The highest BCUT2D eigenvalue weighted by molar-refractivity contribution is 7.20. The molecule has 21 heavy (non-hydrogen) atoms. The van der Waals surface area contributed by atoms with Gasteiger partial charge in [0, 0.05) is 5.92 Å². The third-order valence-electron chi connectivity index (χ3n) is 3.12. The number of amides is 4. The molecule has 1 aliphatic carbocycles. The summed E-state index contributed by atoms with van der Waals surface area (Å²) in [6, 6.07) is 0.643. The van der Waals surface area contributed by atoms with E-state index in [1.807, 2.05) is 6.08 Å². The summed E-state index contributed by atoms with van der Waals surface area (Å²) in [6.07, 6.45) is 6.41. The SMILES string of the molecule is NC(=O)Nc1sc(NC(=O)C2CC=CCC2)cc1C(N)=O. The van der Waals surface area contributed by atoms with Gasteiger partial charge in [0.25, 0.3) is 5.91 Å². The van der Waals surface area contributed by atoms with Crippen molar-refractivity contribution in [3.05, 3.63) is 23.8 Å². The Labute approximate surface area is 125 Å². The Bertz CT molecular complexity index is 609. The first-order valence-corrected chi connectivity index (χ1v) is 7.25. The average molecular weight is 308 g/mol. The molecule has 2 rings (SSSR count). The van der Waals surface area contributed by atoms with Crippen molar-refractivity contribution in [3.8, 4) is 0 Å². The van der Waals surface area contributed by atoms with Crippen LogP contribution in [0, 0.1) is 5.92 Å². The molecular formula is C13H16N4O3S. The van der Waals surface area contributed by atoms with Crippen molar-refractivity contribution in [3.63, 3.8) is 0 Å². The number of hydrogen-bond donors (Lipinski definition) is 4. The van der Waals surface area contributed by atoms with Gasteiger partial charge in [-0.15, -0.1) is 0 Å². The smallest absolute Gasteiger partial charge is 0.317 e. The monoisotopic (exact) mass is 308 g/mol. The van der Waals surface area contributed by atoms with E-state index in [0.29, 0.717) is 11.4 Å². The molecule has 6 N–H and O–H groups in total. The second-order valence-electron chi connectivity index (χ2n) is 4.68. The second-order valence-corrected chi connectivity index (χ2v) is 5.73. The van der Waals surface area contributed by atoms with Gasteiger partial charge in [0.1, 0.15) is 5.00 Å². The van der Waals surface area contributed by atoms with Crippen LogP contribution in [0.4, 0.5) is 14.8 Å². The molecule has 7 nitrogen and oxygen atoms in total. The molecule has 1 unspecified atom stereocenters. The van der Waals surface area contributed by atoms with Crippen LogP contribution in [0.1, 0.15) is 29.6 Å². The fraction of sp³-hybridized carbons (Fsp3) is 0.308. The van der Waals surface area contributed by atoms with Gasteiger partial charge in [-0.1, -0.05) is 23.5 Å². The Kier molecular flexibility index (Phi) is 4.59. The first kappa shape index (κ1) is 15.0. The van der Waals surface area contributed by atoms with Crippen LogP contribution in [-0.2, 0) is 4.79 Å². The lowest BCUT2D eigenvalue weighted by atomic mass is 9.94. The van der Waals surface area contributed by atoms with Crippen molar-refractivity contribution in [1.29, 1.82) is 0 Å². The molecule has 112 valence electrons. The average Bonchev–Trinajstić information content (AvgIpc) is 2.81. The number of urea groups is 1. The highest BCUT2D eigenvalue weighted by Gasteiger charge is 2.21. The Morgan fingerprint density at radius 1 is 1.19 bits per heavy atom. The lowest BCUT2D eigenvalue weighted by molar-refractivity contribution is -0.120. The molecule has 1 aromatic heterocycles. The third kappa shape index (κ3) is 3.82. The van der Waals surface area contributed by atoms with Crippen molar-refractivity contribution in [2.24, 2.45) is 17.4 Å². The van der Waals surface area contributed by atoms with E-state index >= 15 is 0 Å². The molecule has 0 saturated heterocycles. The molecule has 1 heterocycles. The Morgan fingerprint density at radius 2 is 1.95 bits per heavy atom. The number of carbonyl (C=O) groups excluding carboxylic acids is 3. The number of nitrogens with one attached hydrogen (secondary N) is 2. The number of nitrogens with two attached hydrogens (primary N) is 2. The van der Waals surface area contributed by atoms with Crippen molar-refractivity contribution in [2.45, 2.75) is 19.3 Å². The van der Waals surface area contributed by atoms with Crippen molar-refractivity contribution in [2.75, 3.05) is 10.6 Å². The van der Waals surface area contributed by atoms with Crippen LogP contribution in [0.2, 0.25) is 0 Å². The zero-order chi connectivity index (χ0) is 15.4. The van der Waals surface area contributed by atoms with Crippen LogP contribution in [0.15, 0.2) is 18.2 Å². The lowest BCUT2D eigenvalue weighted by Gasteiger charge is -2.16. The van der Waals surface area contributed by atoms with Crippen molar-refractivity contribution >= 4 is 39.2 Å². The van der Waals surface area contributed by atoms with E-state index in [0.717, 1.165) is 24.2 Å².